The molecule has 1 rings (SSSR count). The second-order valence-electron chi connectivity index (χ2n) is 1.74. The molecule has 0 aliphatic heterocycles. The van der Waals surface area contributed by atoms with Crippen molar-refractivity contribution in [2.75, 3.05) is 0 Å². The fourth-order valence-electron chi connectivity index (χ4n) is 0.740. The summed E-state index contributed by atoms with van der Waals surface area (Å²) in [7, 11) is 0. The van der Waals surface area contributed by atoms with Gasteiger partial charge in [0, 0.05) is 0 Å². The van der Waals surface area contributed by atoms with E-state index in [1.807, 2.05) is 6.08 Å². The first-order valence-corrected chi connectivity index (χ1v) is 2.50. The molecular weight excluding hydrogens is 90.1 g/mol. The van der Waals surface area contributed by atoms with Crippen LogP contribution in [0.15, 0.2) is 12.2 Å². The van der Waals surface area contributed by atoms with Crippen molar-refractivity contribution in [2.45, 2.75) is 18.9 Å². The average Bonchev–Trinajstić information content (AvgIpc) is 2.14. The van der Waals surface area contributed by atoms with E-state index in [1.165, 1.54) is 0 Å². The molecule has 1 aliphatic rings. The molecule has 0 spiro atoms. The lowest BCUT2D eigenvalue weighted by molar-refractivity contribution is 0.143. The molecule has 0 amide bonds. The zero-order valence-electron chi connectivity index (χ0n) is 4.09. The van der Waals surface area contributed by atoms with Crippen LogP contribution in [0.5, 0.6) is 0 Å². The summed E-state index contributed by atoms with van der Waals surface area (Å²) in [5.41, 5.74) is 2.18. The third kappa shape index (κ3) is 1.01. The monoisotopic (exact) mass is 99.1 g/mol. The Labute approximate surface area is 42.8 Å². The van der Waals surface area contributed by atoms with Crippen LogP contribution in [0.3, 0.4) is 0 Å². The summed E-state index contributed by atoms with van der Waals surface area (Å²) >= 11 is 0. The van der Waals surface area contributed by atoms with Crippen molar-refractivity contribution in [1.82, 2.24) is 5.48 Å². The summed E-state index contributed by atoms with van der Waals surface area (Å²) in [5.74, 6) is 0. The van der Waals surface area contributed by atoms with Gasteiger partial charge in [-0.2, -0.15) is 5.48 Å². The lowest BCUT2D eigenvalue weighted by Gasteiger charge is -1.99. The first-order valence-electron chi connectivity index (χ1n) is 2.50. The lowest BCUT2D eigenvalue weighted by atomic mass is 10.3. The predicted molar refractivity (Wildman–Crippen MR) is 27.1 cm³/mol. The Morgan fingerprint density at radius 3 is 2.86 bits per heavy atom. The molecule has 0 saturated carbocycles. The highest BCUT2D eigenvalue weighted by Gasteiger charge is 2.04. The molecule has 1 aliphatic carbocycles. The highest BCUT2D eigenvalue weighted by Crippen LogP contribution is 2.06. The van der Waals surface area contributed by atoms with E-state index >= 15 is 0 Å². The number of allylic oxidation sites excluding steroid dienone is 1. The normalized spacial score (nSPS) is 29.0. The Bertz CT molecular complexity index is 80.1. The van der Waals surface area contributed by atoms with Gasteiger partial charge >= 0.3 is 0 Å². The standard InChI is InChI=1S/C5H9NO/c7-6-5-3-1-2-4-5/h1,3,5-7H,2,4H2/t5-/m1/s1. The molecule has 2 N–H and O–H groups in total. The molecule has 0 aromatic rings. The van der Waals surface area contributed by atoms with E-state index in [2.05, 4.69) is 11.6 Å². The molecule has 40 valence electrons. The smallest absolute Gasteiger partial charge is 0.0502 e. The van der Waals surface area contributed by atoms with E-state index < -0.39 is 0 Å². The van der Waals surface area contributed by atoms with Gasteiger partial charge in [-0.15, -0.1) is 0 Å². The zero-order chi connectivity index (χ0) is 5.11. The summed E-state index contributed by atoms with van der Waals surface area (Å²) < 4.78 is 0. The summed E-state index contributed by atoms with van der Waals surface area (Å²) in [6.07, 6.45) is 6.17. The number of hydrogen-bond donors (Lipinski definition) is 2. The number of hydroxylamine groups is 1. The molecule has 0 bridgehead atoms. The van der Waals surface area contributed by atoms with Crippen molar-refractivity contribution in [3.05, 3.63) is 12.2 Å². The molecular formula is C5H9NO. The van der Waals surface area contributed by atoms with E-state index in [1.54, 1.807) is 0 Å². The average molecular weight is 99.1 g/mol. The van der Waals surface area contributed by atoms with Crippen molar-refractivity contribution in [3.8, 4) is 0 Å². The van der Waals surface area contributed by atoms with Gasteiger partial charge in [-0.05, 0) is 12.8 Å². The maximum absolute atomic E-state index is 8.26. The Morgan fingerprint density at radius 1 is 1.71 bits per heavy atom. The topological polar surface area (TPSA) is 32.3 Å². The summed E-state index contributed by atoms with van der Waals surface area (Å²) in [5, 5.41) is 8.26. The number of nitrogens with one attached hydrogen (secondary N) is 1. The van der Waals surface area contributed by atoms with Crippen LogP contribution in [0.4, 0.5) is 0 Å². The number of rotatable bonds is 1. The van der Waals surface area contributed by atoms with Crippen LogP contribution < -0.4 is 5.48 Å². The largest absolute Gasteiger partial charge is 0.316 e. The SMILES string of the molecule is ON[C@@H]1C=CCC1. The van der Waals surface area contributed by atoms with Gasteiger partial charge in [0.2, 0.25) is 0 Å². The molecule has 7 heavy (non-hydrogen) atoms. The maximum Gasteiger partial charge on any atom is 0.0502 e. The molecule has 1 atom stereocenters. The van der Waals surface area contributed by atoms with Gasteiger partial charge in [0.1, 0.15) is 0 Å². The summed E-state index contributed by atoms with van der Waals surface area (Å²) in [4.78, 5) is 0. The Morgan fingerprint density at radius 2 is 2.57 bits per heavy atom. The predicted octanol–water partition coefficient (Wildman–Crippen LogP) is 0.684. The third-order valence-electron chi connectivity index (χ3n) is 1.18. The van der Waals surface area contributed by atoms with Crippen molar-refractivity contribution < 1.29 is 5.21 Å². The maximum atomic E-state index is 8.26. The quantitative estimate of drug-likeness (QED) is 0.374. The molecule has 0 heterocycles. The summed E-state index contributed by atoms with van der Waals surface area (Å²) in [6, 6.07) is 0.222. The molecule has 0 radical (unpaired) electrons. The van der Waals surface area contributed by atoms with Gasteiger partial charge in [-0.3, -0.25) is 0 Å². The Hall–Kier alpha value is -0.340. The van der Waals surface area contributed by atoms with E-state index in [9.17, 15) is 0 Å². The van der Waals surface area contributed by atoms with Gasteiger partial charge < -0.3 is 5.21 Å². The van der Waals surface area contributed by atoms with Crippen LogP contribution in [0.25, 0.3) is 0 Å². The first-order chi connectivity index (χ1) is 3.43. The van der Waals surface area contributed by atoms with Gasteiger partial charge in [0.15, 0.2) is 0 Å². The highest BCUT2D eigenvalue weighted by atomic mass is 16.5. The van der Waals surface area contributed by atoms with Crippen LogP contribution in [0.2, 0.25) is 0 Å². The van der Waals surface area contributed by atoms with Gasteiger partial charge in [-0.25, -0.2) is 0 Å². The second kappa shape index (κ2) is 2.09. The van der Waals surface area contributed by atoms with Crippen LogP contribution in [-0.4, -0.2) is 11.2 Å². The number of hydrogen-bond acceptors (Lipinski definition) is 2. The van der Waals surface area contributed by atoms with Crippen molar-refractivity contribution in [1.29, 1.82) is 0 Å². The third-order valence-corrected chi connectivity index (χ3v) is 1.18. The minimum absolute atomic E-state index is 0.222. The van der Waals surface area contributed by atoms with Gasteiger partial charge in [0.05, 0.1) is 6.04 Å². The molecule has 0 aromatic heterocycles. The van der Waals surface area contributed by atoms with Crippen molar-refractivity contribution in [2.24, 2.45) is 0 Å². The second-order valence-corrected chi connectivity index (χ2v) is 1.74. The fourth-order valence-corrected chi connectivity index (χ4v) is 0.740. The molecule has 0 aromatic carbocycles. The van der Waals surface area contributed by atoms with Gasteiger partial charge in [-0.1, -0.05) is 12.2 Å². The zero-order valence-corrected chi connectivity index (χ0v) is 4.09. The highest BCUT2D eigenvalue weighted by molar-refractivity contribution is 4.99. The lowest BCUT2D eigenvalue weighted by Crippen LogP contribution is -2.20. The van der Waals surface area contributed by atoms with Crippen LogP contribution in [0, 0.1) is 0 Å². The summed E-state index contributed by atoms with van der Waals surface area (Å²) in [6.45, 7) is 0. The van der Waals surface area contributed by atoms with Crippen LogP contribution in [-0.2, 0) is 0 Å². The van der Waals surface area contributed by atoms with E-state index in [-0.39, 0.29) is 6.04 Å². The van der Waals surface area contributed by atoms with E-state index in [0.717, 1.165) is 12.8 Å². The molecule has 2 heteroatoms. The molecule has 0 fully saturated rings. The molecule has 0 unspecified atom stereocenters. The van der Waals surface area contributed by atoms with Crippen molar-refractivity contribution in [3.63, 3.8) is 0 Å². The Kier molecular flexibility index (Phi) is 1.44. The van der Waals surface area contributed by atoms with Crippen LogP contribution in [0.1, 0.15) is 12.8 Å². The minimum atomic E-state index is 0.222. The van der Waals surface area contributed by atoms with Crippen molar-refractivity contribution >= 4 is 0 Å². The van der Waals surface area contributed by atoms with E-state index in [4.69, 9.17) is 5.21 Å². The first kappa shape index (κ1) is 4.81. The van der Waals surface area contributed by atoms with E-state index in [0.29, 0.717) is 0 Å². The Balaban J connectivity index is 2.28. The molecule has 2 nitrogen and oxygen atoms in total. The van der Waals surface area contributed by atoms with Crippen LogP contribution >= 0.6 is 0 Å². The van der Waals surface area contributed by atoms with Gasteiger partial charge in [0.25, 0.3) is 0 Å². The minimum Gasteiger partial charge on any atom is -0.316 e. The fraction of sp³-hybridized carbons (Fsp3) is 0.600. The molecule has 0 saturated heterocycles.